The number of amides is 2. The smallest absolute Gasteiger partial charge is 0.254 e. The molecule has 1 fully saturated rings. The summed E-state index contributed by atoms with van der Waals surface area (Å²) in [5.74, 6) is 0.421. The predicted molar refractivity (Wildman–Crippen MR) is 149 cm³/mol. The van der Waals surface area contributed by atoms with Gasteiger partial charge in [-0.2, -0.15) is 0 Å². The zero-order chi connectivity index (χ0) is 27.5. The van der Waals surface area contributed by atoms with Gasteiger partial charge in [0.2, 0.25) is 11.6 Å². The number of hydrogen-bond donors (Lipinski definition) is 2. The van der Waals surface area contributed by atoms with Crippen molar-refractivity contribution in [3.63, 3.8) is 0 Å². The summed E-state index contributed by atoms with van der Waals surface area (Å²) in [6.07, 6.45) is 5.86. The van der Waals surface area contributed by atoms with Gasteiger partial charge in [0.1, 0.15) is 11.3 Å². The number of imidazole rings is 1. The first-order valence-electron chi connectivity index (χ1n) is 13.2. The third-order valence-corrected chi connectivity index (χ3v) is 7.73. The molecule has 0 unspecified atom stereocenters. The van der Waals surface area contributed by atoms with Crippen molar-refractivity contribution in [3.8, 4) is 11.3 Å². The molecule has 1 atom stereocenters. The summed E-state index contributed by atoms with van der Waals surface area (Å²) in [5, 5.41) is 6.37. The molecule has 7 rings (SSSR count). The summed E-state index contributed by atoms with van der Waals surface area (Å²) in [6.45, 7) is 1.75. The van der Waals surface area contributed by atoms with Crippen LogP contribution in [-0.2, 0) is 17.9 Å². The Morgan fingerprint density at radius 2 is 2.00 bits per heavy atom. The van der Waals surface area contributed by atoms with E-state index < -0.39 is 0 Å². The lowest BCUT2D eigenvalue weighted by Gasteiger charge is -2.19. The molecule has 0 spiro atoms. The minimum absolute atomic E-state index is 0.128. The average molecular weight is 537 g/mol. The van der Waals surface area contributed by atoms with Gasteiger partial charge in [0, 0.05) is 38.3 Å². The van der Waals surface area contributed by atoms with E-state index in [1.54, 1.807) is 23.6 Å². The monoisotopic (exact) mass is 536 g/mol. The molecule has 11 heteroatoms. The maximum atomic E-state index is 13.1. The molecular weight excluding hydrogens is 508 g/mol. The number of fused-ring (bicyclic) bond motifs is 4. The molecule has 0 saturated carbocycles. The zero-order valence-electron chi connectivity index (χ0n) is 22.4. The summed E-state index contributed by atoms with van der Waals surface area (Å²) >= 11 is 0. The van der Waals surface area contributed by atoms with Crippen molar-refractivity contribution in [2.75, 3.05) is 33.0 Å². The Kier molecular flexibility index (Phi) is 5.56. The van der Waals surface area contributed by atoms with Crippen molar-refractivity contribution < 1.29 is 14.0 Å². The molecule has 11 nitrogen and oxygen atoms in total. The molecule has 2 aliphatic rings. The average Bonchev–Trinajstić information content (AvgIpc) is 3.72. The minimum Gasteiger partial charge on any atom is -0.445 e. The van der Waals surface area contributed by atoms with E-state index in [4.69, 9.17) is 9.40 Å². The number of carbonyl (C=O) groups excluding carboxylic acids is 2. The summed E-state index contributed by atoms with van der Waals surface area (Å²) < 4.78 is 7.49. The van der Waals surface area contributed by atoms with Crippen LogP contribution in [-0.4, -0.2) is 68.7 Å². The fourth-order valence-corrected chi connectivity index (χ4v) is 5.84. The van der Waals surface area contributed by atoms with Gasteiger partial charge in [-0.05, 0) is 43.8 Å². The second kappa shape index (κ2) is 9.16. The van der Waals surface area contributed by atoms with Gasteiger partial charge < -0.3 is 24.9 Å². The number of aromatic nitrogens is 4. The lowest BCUT2D eigenvalue weighted by Crippen LogP contribution is -2.23. The van der Waals surface area contributed by atoms with E-state index in [9.17, 15) is 9.59 Å². The maximum absolute atomic E-state index is 13.1. The van der Waals surface area contributed by atoms with Crippen LogP contribution in [0.5, 0.6) is 0 Å². The first-order valence-corrected chi connectivity index (χ1v) is 13.2. The van der Waals surface area contributed by atoms with Crippen LogP contribution in [0.3, 0.4) is 0 Å². The van der Waals surface area contributed by atoms with E-state index in [0.29, 0.717) is 41.5 Å². The number of likely N-dealkylation sites (tertiary alicyclic amines) is 1. The van der Waals surface area contributed by atoms with Gasteiger partial charge >= 0.3 is 0 Å². The molecule has 5 aromatic rings. The van der Waals surface area contributed by atoms with Crippen LogP contribution >= 0.6 is 0 Å². The molecule has 40 heavy (non-hydrogen) atoms. The number of nitrogens with one attached hydrogen (secondary N) is 2. The number of furan rings is 1. The fourth-order valence-electron chi connectivity index (χ4n) is 5.84. The maximum Gasteiger partial charge on any atom is 0.254 e. The Hall–Kier alpha value is -4.77. The molecule has 2 N–H and O–H groups in total. The van der Waals surface area contributed by atoms with Crippen molar-refractivity contribution in [1.82, 2.24) is 34.5 Å². The van der Waals surface area contributed by atoms with Crippen LogP contribution in [0.15, 0.2) is 53.4 Å². The highest BCUT2D eigenvalue weighted by Gasteiger charge is 2.33. The molecule has 1 saturated heterocycles. The third-order valence-electron chi connectivity index (χ3n) is 7.73. The molecule has 1 aromatic carbocycles. The molecule has 2 aliphatic heterocycles. The van der Waals surface area contributed by atoms with Gasteiger partial charge in [0.15, 0.2) is 5.65 Å². The molecule has 202 valence electrons. The largest absolute Gasteiger partial charge is 0.445 e. The van der Waals surface area contributed by atoms with Gasteiger partial charge in [-0.3, -0.25) is 14.0 Å². The number of pyridine rings is 1. The number of benzene rings is 1. The lowest BCUT2D eigenvalue weighted by atomic mass is 9.95. The summed E-state index contributed by atoms with van der Waals surface area (Å²) in [6, 6.07) is 9.65. The highest BCUT2D eigenvalue weighted by Crippen LogP contribution is 2.37. The number of nitrogens with zero attached hydrogens (tertiary/aromatic N) is 6. The number of rotatable bonds is 6. The topological polar surface area (TPSA) is 121 Å². The van der Waals surface area contributed by atoms with Gasteiger partial charge in [-0.1, -0.05) is 12.1 Å². The van der Waals surface area contributed by atoms with Crippen LogP contribution in [0.2, 0.25) is 0 Å². The molecule has 4 aromatic heterocycles. The van der Waals surface area contributed by atoms with Crippen LogP contribution < -0.4 is 10.6 Å². The molecular formula is C29H28N8O3. The standard InChI is InChI=1S/C29H28N8O3/c1-35(2)15-21-16(18-8-10-36(3)29(18)39)5-7-24(34-21)33-20-6-4-17(19-12-31-27(38)26(19)20)23-13-30-25-14-32-28-22(37(23)25)9-11-40-28/h4-7,9,11,13-14,18H,8,10,12,15H2,1-3H3,(H,31,38)(H,33,34)/t18-/m1/s1. The van der Waals surface area contributed by atoms with Crippen LogP contribution in [0.1, 0.15) is 39.5 Å². The highest BCUT2D eigenvalue weighted by molar-refractivity contribution is 6.06. The van der Waals surface area contributed by atoms with Gasteiger partial charge in [-0.25, -0.2) is 15.0 Å². The van der Waals surface area contributed by atoms with E-state index in [1.165, 1.54) is 0 Å². The first kappa shape index (κ1) is 24.3. The van der Waals surface area contributed by atoms with Crippen LogP contribution in [0.25, 0.3) is 28.1 Å². The second-order valence-corrected chi connectivity index (χ2v) is 10.6. The predicted octanol–water partition coefficient (Wildman–Crippen LogP) is 3.53. The van der Waals surface area contributed by atoms with Crippen LogP contribution in [0, 0.1) is 0 Å². The Morgan fingerprint density at radius 1 is 1.12 bits per heavy atom. The number of likely N-dealkylation sites (N-methyl/N-ethyl adjacent to an activating group) is 1. The van der Waals surface area contributed by atoms with Gasteiger partial charge in [0.05, 0.1) is 47.2 Å². The Bertz CT molecular complexity index is 1820. The van der Waals surface area contributed by atoms with Gasteiger partial charge in [0.25, 0.3) is 5.91 Å². The van der Waals surface area contributed by atoms with E-state index in [1.807, 2.05) is 60.8 Å². The van der Waals surface area contributed by atoms with Crippen molar-refractivity contribution in [2.24, 2.45) is 0 Å². The normalized spacial score (nSPS) is 16.9. The van der Waals surface area contributed by atoms with E-state index in [2.05, 4.69) is 20.6 Å². The third kappa shape index (κ3) is 3.81. The second-order valence-electron chi connectivity index (χ2n) is 10.6. The quantitative estimate of drug-likeness (QED) is 0.338. The molecule has 2 amide bonds. The Labute approximate surface area is 229 Å². The van der Waals surface area contributed by atoms with E-state index in [-0.39, 0.29) is 17.7 Å². The molecule has 0 bridgehead atoms. The van der Waals surface area contributed by atoms with E-state index in [0.717, 1.165) is 46.6 Å². The van der Waals surface area contributed by atoms with Crippen molar-refractivity contribution in [1.29, 1.82) is 0 Å². The SMILES string of the molecule is CN(C)Cc1nc(Nc2ccc(-c3cnc4cnc5occc5n34)c3c2C(=O)NC3)ccc1[C@H]1CCN(C)C1=O. The van der Waals surface area contributed by atoms with Crippen molar-refractivity contribution >= 4 is 40.2 Å². The summed E-state index contributed by atoms with van der Waals surface area (Å²) in [5.41, 5.74) is 7.72. The minimum atomic E-state index is -0.182. The number of anilines is 2. The van der Waals surface area contributed by atoms with Crippen molar-refractivity contribution in [3.05, 3.63) is 71.4 Å². The summed E-state index contributed by atoms with van der Waals surface area (Å²) in [7, 11) is 5.81. The molecule has 0 aliphatic carbocycles. The molecule has 0 radical (unpaired) electrons. The highest BCUT2D eigenvalue weighted by atomic mass is 16.3. The Balaban J connectivity index is 1.29. The molecule has 6 heterocycles. The van der Waals surface area contributed by atoms with Crippen LogP contribution in [0.4, 0.5) is 11.5 Å². The number of carbonyl (C=O) groups is 2. The summed E-state index contributed by atoms with van der Waals surface area (Å²) in [4.78, 5) is 43.4. The van der Waals surface area contributed by atoms with Crippen molar-refractivity contribution in [2.45, 2.75) is 25.4 Å². The lowest BCUT2D eigenvalue weighted by molar-refractivity contribution is -0.127. The fraction of sp³-hybridized carbons (Fsp3) is 0.276. The van der Waals surface area contributed by atoms with Gasteiger partial charge in [-0.15, -0.1) is 0 Å². The zero-order valence-corrected chi connectivity index (χ0v) is 22.4. The first-order chi connectivity index (χ1) is 19.4. The van der Waals surface area contributed by atoms with E-state index >= 15 is 0 Å². The Morgan fingerprint density at radius 3 is 2.80 bits per heavy atom. The number of hydrogen-bond acceptors (Lipinski definition) is 8.